The van der Waals surface area contributed by atoms with Crippen LogP contribution in [0.3, 0.4) is 0 Å². The van der Waals surface area contributed by atoms with Crippen LogP contribution in [-0.4, -0.2) is 58.7 Å². The van der Waals surface area contributed by atoms with E-state index in [-0.39, 0.29) is 75.3 Å². The second-order valence-corrected chi connectivity index (χ2v) is 16.2. The van der Waals surface area contributed by atoms with Crippen molar-refractivity contribution in [3.63, 3.8) is 0 Å². The van der Waals surface area contributed by atoms with Gasteiger partial charge in [0.1, 0.15) is 6.54 Å². The zero-order valence-electron chi connectivity index (χ0n) is 25.7. The highest BCUT2D eigenvalue weighted by atomic mass is 32.2. The molecule has 4 heterocycles. The minimum atomic E-state index is -0.351. The number of hydrogen-bond acceptors (Lipinski definition) is 7. The lowest BCUT2D eigenvalue weighted by atomic mass is 9.68. The maximum absolute atomic E-state index is 14.0. The Morgan fingerprint density at radius 1 is 0.911 bits per heavy atom. The molecule has 3 aliphatic heterocycles. The fourth-order valence-electron chi connectivity index (χ4n) is 8.70. The summed E-state index contributed by atoms with van der Waals surface area (Å²) in [4.78, 5) is 59.1. The van der Waals surface area contributed by atoms with Crippen molar-refractivity contribution in [2.45, 2.75) is 55.3 Å². The standard InChI is InChI=1S/C35H37N3O5S2/c1-35(2,3)20-11-9-19(10-12-20)25-26-22-17-23(28-27(22)31(40)38(32(28)41)21-7-5-4-6-8-21)29(26)44-33-30(25)45-34(42)37(33)18-24(39)36-13-15-43-16-14-36/h4-12,22-23,25-29H,13-18H2,1-3H3. The molecule has 8 rings (SSSR count). The summed E-state index contributed by atoms with van der Waals surface area (Å²) >= 11 is 2.93. The van der Waals surface area contributed by atoms with E-state index in [9.17, 15) is 19.2 Å². The molecule has 45 heavy (non-hydrogen) atoms. The van der Waals surface area contributed by atoms with E-state index in [0.717, 1.165) is 21.9 Å². The first-order valence-electron chi connectivity index (χ1n) is 15.9. The number of amides is 3. The molecule has 2 aliphatic carbocycles. The molecule has 1 aromatic heterocycles. The predicted molar refractivity (Wildman–Crippen MR) is 174 cm³/mol. The van der Waals surface area contributed by atoms with Gasteiger partial charge in [-0.25, -0.2) is 0 Å². The first kappa shape index (κ1) is 29.2. The van der Waals surface area contributed by atoms with E-state index >= 15 is 0 Å². The number of fused-ring (bicyclic) bond motifs is 9. The van der Waals surface area contributed by atoms with Crippen molar-refractivity contribution < 1.29 is 19.1 Å². The number of nitrogens with zero attached hydrogens (tertiary/aromatic N) is 3. The van der Waals surface area contributed by atoms with Gasteiger partial charge in [0.05, 0.1) is 35.8 Å². The maximum atomic E-state index is 14.0. The van der Waals surface area contributed by atoms with Gasteiger partial charge in [-0.3, -0.25) is 28.6 Å². The summed E-state index contributed by atoms with van der Waals surface area (Å²) in [6.07, 6.45) is 0.834. The Labute approximate surface area is 270 Å². The van der Waals surface area contributed by atoms with Crippen LogP contribution in [0.5, 0.6) is 0 Å². The Balaban J connectivity index is 1.21. The van der Waals surface area contributed by atoms with E-state index in [1.165, 1.54) is 21.8 Å². The molecule has 0 N–H and O–H groups in total. The maximum Gasteiger partial charge on any atom is 0.308 e. The van der Waals surface area contributed by atoms with Crippen molar-refractivity contribution in [3.05, 3.63) is 80.3 Å². The fraction of sp³-hybridized carbons (Fsp3) is 0.486. The molecule has 10 heteroatoms. The molecule has 7 atom stereocenters. The highest BCUT2D eigenvalue weighted by Gasteiger charge is 2.69. The largest absolute Gasteiger partial charge is 0.378 e. The number of carbonyl (C=O) groups is 3. The molecule has 8 nitrogen and oxygen atoms in total. The monoisotopic (exact) mass is 643 g/mol. The molecule has 7 unspecified atom stereocenters. The first-order valence-corrected chi connectivity index (χ1v) is 17.6. The zero-order chi connectivity index (χ0) is 31.2. The number of carbonyl (C=O) groups excluding carboxylic acids is 3. The minimum Gasteiger partial charge on any atom is -0.378 e. The molecule has 3 amide bonds. The van der Waals surface area contributed by atoms with Gasteiger partial charge in [-0.05, 0) is 52.8 Å². The second kappa shape index (κ2) is 10.7. The first-order chi connectivity index (χ1) is 21.6. The quantitative estimate of drug-likeness (QED) is 0.382. The Morgan fingerprint density at radius 3 is 2.24 bits per heavy atom. The second-order valence-electron chi connectivity index (χ2n) is 14.1. The minimum absolute atomic E-state index is 0.000188. The molecule has 0 radical (unpaired) electrons. The number of morpholine rings is 1. The van der Waals surface area contributed by atoms with Crippen LogP contribution in [0, 0.1) is 29.6 Å². The van der Waals surface area contributed by atoms with Crippen LogP contribution in [-0.2, 0) is 31.1 Å². The Kier molecular flexibility index (Phi) is 6.93. The molecule has 3 aromatic rings. The number of rotatable bonds is 4. The summed E-state index contributed by atoms with van der Waals surface area (Å²) in [5, 5.41) is 0.931. The molecule has 5 aliphatic rings. The van der Waals surface area contributed by atoms with Gasteiger partial charge in [0, 0.05) is 29.1 Å². The number of benzene rings is 2. The molecular formula is C35H37N3O5S2. The van der Waals surface area contributed by atoms with Gasteiger partial charge in [-0.15, -0.1) is 11.8 Å². The van der Waals surface area contributed by atoms with Crippen LogP contribution in [0.25, 0.3) is 0 Å². The van der Waals surface area contributed by atoms with Crippen molar-refractivity contribution in [2.75, 3.05) is 31.2 Å². The number of hydrogen-bond donors (Lipinski definition) is 0. The number of anilines is 1. The van der Waals surface area contributed by atoms with Crippen molar-refractivity contribution in [1.82, 2.24) is 9.47 Å². The highest BCUT2D eigenvalue weighted by molar-refractivity contribution is 8.00. The van der Waals surface area contributed by atoms with Crippen molar-refractivity contribution in [2.24, 2.45) is 29.6 Å². The van der Waals surface area contributed by atoms with Gasteiger partial charge in [-0.1, -0.05) is 74.6 Å². The SMILES string of the molecule is CC(C)(C)c1ccc(C2c3sc(=O)n(CC(=O)N4CCOCC4)c3SC3C4CC(C5C(=O)N(c6ccccc6)C(=O)C45)C23)cc1. The fourth-order valence-corrected chi connectivity index (χ4v) is 11.8. The molecule has 0 spiro atoms. The lowest BCUT2D eigenvalue weighted by Crippen LogP contribution is -2.44. The average molecular weight is 644 g/mol. The van der Waals surface area contributed by atoms with Crippen molar-refractivity contribution in [3.8, 4) is 0 Å². The van der Waals surface area contributed by atoms with Crippen LogP contribution in [0.4, 0.5) is 5.69 Å². The summed E-state index contributed by atoms with van der Waals surface area (Å²) in [5.74, 6) is -0.832. The summed E-state index contributed by atoms with van der Waals surface area (Å²) in [7, 11) is 0. The van der Waals surface area contributed by atoms with Gasteiger partial charge >= 0.3 is 4.87 Å². The summed E-state index contributed by atoms with van der Waals surface area (Å²) in [6.45, 7) is 8.66. The Hall–Kier alpha value is -3.21. The third kappa shape index (κ3) is 4.50. The third-order valence-electron chi connectivity index (χ3n) is 10.8. The molecular weight excluding hydrogens is 607 g/mol. The van der Waals surface area contributed by atoms with E-state index in [2.05, 4.69) is 45.0 Å². The van der Waals surface area contributed by atoms with E-state index in [1.54, 1.807) is 21.2 Å². The predicted octanol–water partition coefficient (Wildman–Crippen LogP) is 4.74. The van der Waals surface area contributed by atoms with Crippen LogP contribution in [0.2, 0.25) is 0 Å². The van der Waals surface area contributed by atoms with Gasteiger partial charge in [0.15, 0.2) is 0 Å². The number of thiazole rings is 1. The van der Waals surface area contributed by atoms with Gasteiger partial charge in [-0.2, -0.15) is 0 Å². The Bertz CT molecular complexity index is 1740. The summed E-state index contributed by atoms with van der Waals surface area (Å²) in [5.41, 5.74) is 3.01. The molecule has 2 saturated heterocycles. The van der Waals surface area contributed by atoms with Gasteiger partial charge in [0.25, 0.3) is 0 Å². The lowest BCUT2D eigenvalue weighted by Gasteiger charge is -2.43. The van der Waals surface area contributed by atoms with Crippen LogP contribution in [0.1, 0.15) is 49.1 Å². The summed E-state index contributed by atoms with van der Waals surface area (Å²) in [6, 6.07) is 18.0. The van der Waals surface area contributed by atoms with Crippen molar-refractivity contribution in [1.29, 1.82) is 0 Å². The topological polar surface area (TPSA) is 88.9 Å². The molecule has 2 aromatic carbocycles. The van der Waals surface area contributed by atoms with Gasteiger partial charge in [0.2, 0.25) is 17.7 Å². The highest BCUT2D eigenvalue weighted by Crippen LogP contribution is 2.69. The number of ether oxygens (including phenoxy) is 1. The Morgan fingerprint density at radius 2 is 1.58 bits per heavy atom. The van der Waals surface area contributed by atoms with E-state index in [0.29, 0.717) is 32.0 Å². The number of para-hydroxylation sites is 1. The molecule has 2 saturated carbocycles. The lowest BCUT2D eigenvalue weighted by molar-refractivity contribution is -0.136. The van der Waals surface area contributed by atoms with Crippen LogP contribution >= 0.6 is 23.1 Å². The van der Waals surface area contributed by atoms with Crippen LogP contribution in [0.15, 0.2) is 64.4 Å². The third-order valence-corrected chi connectivity index (χ3v) is 13.5. The molecule has 234 valence electrons. The zero-order valence-corrected chi connectivity index (χ0v) is 27.3. The van der Waals surface area contributed by atoms with Gasteiger partial charge < -0.3 is 9.64 Å². The van der Waals surface area contributed by atoms with Crippen molar-refractivity contribution >= 4 is 46.5 Å². The molecule has 2 bridgehead atoms. The smallest absolute Gasteiger partial charge is 0.308 e. The number of imide groups is 1. The number of aromatic nitrogens is 1. The normalized spacial score (nSPS) is 30.4. The van der Waals surface area contributed by atoms with E-state index in [4.69, 9.17) is 4.74 Å². The summed E-state index contributed by atoms with van der Waals surface area (Å²) < 4.78 is 7.11. The van der Waals surface area contributed by atoms with E-state index in [1.807, 2.05) is 30.3 Å². The van der Waals surface area contributed by atoms with E-state index < -0.39 is 0 Å². The number of thioether (sulfide) groups is 1. The van der Waals surface area contributed by atoms with Crippen LogP contribution < -0.4 is 9.77 Å². The average Bonchev–Trinajstić information content (AvgIpc) is 3.76. The molecule has 4 fully saturated rings.